The summed E-state index contributed by atoms with van der Waals surface area (Å²) in [7, 11) is 0. The number of nitrogens with two attached hydrogens (primary N) is 1. The Labute approximate surface area is 166 Å². The highest BCUT2D eigenvalue weighted by Crippen LogP contribution is 2.31. The van der Waals surface area contributed by atoms with Crippen molar-refractivity contribution in [1.82, 2.24) is 4.98 Å². The third kappa shape index (κ3) is 3.97. The Morgan fingerprint density at radius 3 is 2.68 bits per heavy atom. The standard InChI is InChI=1S/C22H19N3O2S/c1-14-4-2-3-5-19(14)27-13-21(26)24-17-9-6-15(7-10-17)22-25-18-12-16(23)8-11-20(18)28-22/h2-12H,13,23H2,1H3,(H,24,26). The van der Waals surface area contributed by atoms with Gasteiger partial charge >= 0.3 is 0 Å². The molecule has 0 aliphatic heterocycles. The molecule has 0 spiro atoms. The lowest BCUT2D eigenvalue weighted by Gasteiger charge is -2.09. The molecule has 3 aromatic carbocycles. The summed E-state index contributed by atoms with van der Waals surface area (Å²) in [6.45, 7) is 1.91. The molecule has 28 heavy (non-hydrogen) atoms. The van der Waals surface area contributed by atoms with E-state index < -0.39 is 0 Å². The number of nitrogens with zero attached hydrogens (tertiary/aromatic N) is 1. The number of carbonyl (C=O) groups is 1. The van der Waals surface area contributed by atoms with Gasteiger partial charge in [-0.05, 0) is 61.0 Å². The number of ether oxygens (including phenoxy) is 1. The average molecular weight is 389 g/mol. The van der Waals surface area contributed by atoms with Crippen molar-refractivity contribution in [2.45, 2.75) is 6.92 Å². The number of nitrogen functional groups attached to an aromatic ring is 1. The molecule has 1 aromatic heterocycles. The van der Waals surface area contributed by atoms with Crippen LogP contribution in [0.15, 0.2) is 66.7 Å². The van der Waals surface area contributed by atoms with Gasteiger partial charge in [0.2, 0.25) is 0 Å². The summed E-state index contributed by atoms with van der Waals surface area (Å²) < 4.78 is 6.67. The molecule has 0 saturated heterocycles. The van der Waals surface area contributed by atoms with Gasteiger partial charge < -0.3 is 15.8 Å². The first-order chi connectivity index (χ1) is 13.6. The van der Waals surface area contributed by atoms with E-state index >= 15 is 0 Å². The van der Waals surface area contributed by atoms with E-state index in [9.17, 15) is 4.79 Å². The summed E-state index contributed by atoms with van der Waals surface area (Å²) in [5, 5.41) is 3.76. The zero-order valence-corrected chi connectivity index (χ0v) is 16.1. The van der Waals surface area contributed by atoms with Crippen molar-refractivity contribution in [2.24, 2.45) is 0 Å². The number of hydrogen-bond donors (Lipinski definition) is 2. The highest BCUT2D eigenvalue weighted by Gasteiger charge is 2.08. The smallest absolute Gasteiger partial charge is 0.262 e. The molecular formula is C22H19N3O2S. The largest absolute Gasteiger partial charge is 0.483 e. The van der Waals surface area contributed by atoms with Crippen LogP contribution < -0.4 is 15.8 Å². The maximum absolute atomic E-state index is 12.1. The number of rotatable bonds is 5. The van der Waals surface area contributed by atoms with E-state index in [2.05, 4.69) is 10.3 Å². The monoisotopic (exact) mass is 389 g/mol. The molecule has 0 atom stereocenters. The first-order valence-corrected chi connectivity index (χ1v) is 9.65. The second-order valence-corrected chi connectivity index (χ2v) is 7.46. The summed E-state index contributed by atoms with van der Waals surface area (Å²) in [5.74, 6) is 0.510. The highest BCUT2D eigenvalue weighted by atomic mass is 32.1. The van der Waals surface area contributed by atoms with Gasteiger partial charge in [0.05, 0.1) is 10.2 Å². The molecule has 0 bridgehead atoms. The molecule has 0 unspecified atom stereocenters. The topological polar surface area (TPSA) is 77.2 Å². The second-order valence-electron chi connectivity index (χ2n) is 6.43. The van der Waals surface area contributed by atoms with Crippen molar-refractivity contribution in [3.63, 3.8) is 0 Å². The zero-order valence-electron chi connectivity index (χ0n) is 15.3. The molecule has 4 aromatic rings. The minimum atomic E-state index is -0.202. The van der Waals surface area contributed by atoms with Crippen molar-refractivity contribution >= 4 is 38.8 Å². The Bertz CT molecular complexity index is 1140. The highest BCUT2D eigenvalue weighted by molar-refractivity contribution is 7.21. The van der Waals surface area contributed by atoms with Gasteiger partial charge in [-0.25, -0.2) is 4.98 Å². The van der Waals surface area contributed by atoms with E-state index in [-0.39, 0.29) is 12.5 Å². The van der Waals surface area contributed by atoms with E-state index in [1.807, 2.05) is 73.7 Å². The van der Waals surface area contributed by atoms with Gasteiger partial charge in [-0.1, -0.05) is 18.2 Å². The molecule has 0 fully saturated rings. The van der Waals surface area contributed by atoms with Crippen LogP contribution in [0.1, 0.15) is 5.56 Å². The molecule has 4 rings (SSSR count). The molecule has 0 saturated carbocycles. The van der Waals surface area contributed by atoms with E-state index in [1.54, 1.807) is 11.3 Å². The van der Waals surface area contributed by atoms with Crippen molar-refractivity contribution in [2.75, 3.05) is 17.7 Å². The van der Waals surface area contributed by atoms with Gasteiger partial charge in [-0.3, -0.25) is 4.79 Å². The molecule has 1 heterocycles. The Balaban J connectivity index is 1.41. The lowest BCUT2D eigenvalue weighted by Crippen LogP contribution is -2.20. The van der Waals surface area contributed by atoms with Crippen molar-refractivity contribution < 1.29 is 9.53 Å². The Morgan fingerprint density at radius 1 is 1.11 bits per heavy atom. The third-order valence-electron chi connectivity index (χ3n) is 4.28. The van der Waals surface area contributed by atoms with Crippen molar-refractivity contribution in [1.29, 1.82) is 0 Å². The summed E-state index contributed by atoms with van der Waals surface area (Å²) in [5.41, 5.74) is 10.1. The Kier molecular flexibility index (Phi) is 4.95. The van der Waals surface area contributed by atoms with E-state index in [4.69, 9.17) is 10.5 Å². The van der Waals surface area contributed by atoms with Gasteiger partial charge in [0.25, 0.3) is 5.91 Å². The van der Waals surface area contributed by atoms with Crippen LogP contribution in [-0.4, -0.2) is 17.5 Å². The third-order valence-corrected chi connectivity index (χ3v) is 5.37. The molecule has 5 nitrogen and oxygen atoms in total. The lowest BCUT2D eigenvalue weighted by atomic mass is 10.2. The average Bonchev–Trinajstić information content (AvgIpc) is 3.11. The number of amides is 1. The molecule has 0 radical (unpaired) electrons. The van der Waals surface area contributed by atoms with Crippen LogP contribution in [0, 0.1) is 6.92 Å². The van der Waals surface area contributed by atoms with Crippen LogP contribution >= 0.6 is 11.3 Å². The van der Waals surface area contributed by atoms with Crippen molar-refractivity contribution in [3.8, 4) is 16.3 Å². The van der Waals surface area contributed by atoms with Crippen LogP contribution in [0.4, 0.5) is 11.4 Å². The molecular weight excluding hydrogens is 370 g/mol. The Hall–Kier alpha value is -3.38. The van der Waals surface area contributed by atoms with Crippen LogP contribution in [0.3, 0.4) is 0 Å². The van der Waals surface area contributed by atoms with E-state index in [0.29, 0.717) is 17.1 Å². The maximum Gasteiger partial charge on any atom is 0.262 e. The van der Waals surface area contributed by atoms with Crippen LogP contribution in [-0.2, 0) is 4.79 Å². The van der Waals surface area contributed by atoms with Crippen LogP contribution in [0.2, 0.25) is 0 Å². The fraction of sp³-hybridized carbons (Fsp3) is 0.0909. The zero-order chi connectivity index (χ0) is 19.5. The lowest BCUT2D eigenvalue weighted by molar-refractivity contribution is -0.118. The van der Waals surface area contributed by atoms with Crippen molar-refractivity contribution in [3.05, 3.63) is 72.3 Å². The number of carbonyl (C=O) groups excluding carboxylic acids is 1. The van der Waals surface area contributed by atoms with Gasteiger partial charge in [0, 0.05) is 16.9 Å². The van der Waals surface area contributed by atoms with E-state index in [1.165, 1.54) is 0 Å². The molecule has 0 aliphatic carbocycles. The molecule has 1 amide bonds. The number of hydrogen-bond acceptors (Lipinski definition) is 5. The summed E-state index contributed by atoms with van der Waals surface area (Å²) in [6.07, 6.45) is 0. The summed E-state index contributed by atoms with van der Waals surface area (Å²) >= 11 is 1.61. The minimum Gasteiger partial charge on any atom is -0.483 e. The number of para-hydroxylation sites is 1. The number of benzene rings is 3. The predicted molar refractivity (Wildman–Crippen MR) is 115 cm³/mol. The summed E-state index contributed by atoms with van der Waals surface area (Å²) in [6, 6.07) is 21.0. The normalized spacial score (nSPS) is 10.8. The molecule has 0 aliphatic rings. The fourth-order valence-electron chi connectivity index (χ4n) is 2.82. The first-order valence-electron chi connectivity index (χ1n) is 8.83. The maximum atomic E-state index is 12.1. The number of anilines is 2. The van der Waals surface area contributed by atoms with Gasteiger partial charge in [0.15, 0.2) is 6.61 Å². The van der Waals surface area contributed by atoms with Gasteiger partial charge in [-0.15, -0.1) is 11.3 Å². The first kappa shape index (κ1) is 18.0. The van der Waals surface area contributed by atoms with E-state index in [0.717, 1.165) is 26.4 Å². The Morgan fingerprint density at radius 2 is 1.89 bits per heavy atom. The van der Waals surface area contributed by atoms with Gasteiger partial charge in [-0.2, -0.15) is 0 Å². The number of fused-ring (bicyclic) bond motifs is 1. The summed E-state index contributed by atoms with van der Waals surface area (Å²) in [4.78, 5) is 16.8. The number of thiazole rings is 1. The molecule has 140 valence electrons. The minimum absolute atomic E-state index is 0.0358. The SMILES string of the molecule is Cc1ccccc1OCC(=O)Nc1ccc(-c2nc3cc(N)ccc3s2)cc1. The van der Waals surface area contributed by atoms with Crippen LogP contribution in [0.25, 0.3) is 20.8 Å². The number of aryl methyl sites for hydroxylation is 1. The second kappa shape index (κ2) is 7.70. The number of aromatic nitrogens is 1. The molecule has 3 N–H and O–H groups in total. The predicted octanol–water partition coefficient (Wildman–Crippen LogP) is 4.87. The van der Waals surface area contributed by atoms with Crippen LogP contribution in [0.5, 0.6) is 5.75 Å². The van der Waals surface area contributed by atoms with Gasteiger partial charge in [0.1, 0.15) is 10.8 Å². The quantitative estimate of drug-likeness (QED) is 0.477. The molecule has 6 heteroatoms. The number of nitrogens with one attached hydrogen (secondary N) is 1. The fourth-order valence-corrected chi connectivity index (χ4v) is 3.77.